The summed E-state index contributed by atoms with van der Waals surface area (Å²) in [7, 11) is -3.52. The summed E-state index contributed by atoms with van der Waals surface area (Å²) in [4.78, 5) is 12.2. The number of aromatic nitrogens is 1. The van der Waals surface area contributed by atoms with Crippen LogP contribution in [0.5, 0.6) is 0 Å². The predicted molar refractivity (Wildman–Crippen MR) is 102 cm³/mol. The summed E-state index contributed by atoms with van der Waals surface area (Å²) in [6, 6.07) is 8.17. The first-order valence-electron chi connectivity index (χ1n) is 9.02. The third-order valence-electron chi connectivity index (χ3n) is 4.39. The highest BCUT2D eigenvalue weighted by atomic mass is 32.2. The molecule has 1 saturated heterocycles. The highest BCUT2D eigenvalue weighted by molar-refractivity contribution is 7.89. The number of amides is 1. The summed E-state index contributed by atoms with van der Waals surface area (Å²) in [5.41, 5.74) is 0.567. The van der Waals surface area contributed by atoms with E-state index in [4.69, 9.17) is 4.52 Å². The van der Waals surface area contributed by atoms with E-state index in [9.17, 15) is 13.2 Å². The molecular weight excluding hydrogens is 368 g/mol. The van der Waals surface area contributed by atoms with Crippen LogP contribution < -0.4 is 10.6 Å². The number of carbonyl (C=O) groups is 1. The van der Waals surface area contributed by atoms with Crippen molar-refractivity contribution >= 4 is 27.4 Å². The molecule has 0 radical (unpaired) electrons. The summed E-state index contributed by atoms with van der Waals surface area (Å²) < 4.78 is 32.2. The molecule has 1 amide bonds. The second kappa shape index (κ2) is 8.53. The molecule has 1 fully saturated rings. The van der Waals surface area contributed by atoms with Crippen LogP contribution in [-0.4, -0.2) is 43.4 Å². The SMILES string of the molecule is Cc1cc(NC(=O)CNc2cccc(S(=O)(=O)N3CCCCCC3)c2)no1. The minimum atomic E-state index is -3.52. The Morgan fingerprint density at radius 3 is 2.59 bits per heavy atom. The van der Waals surface area contributed by atoms with E-state index >= 15 is 0 Å². The van der Waals surface area contributed by atoms with Crippen LogP contribution in [0.1, 0.15) is 31.4 Å². The van der Waals surface area contributed by atoms with E-state index in [-0.39, 0.29) is 17.3 Å². The highest BCUT2D eigenvalue weighted by Gasteiger charge is 2.25. The topological polar surface area (TPSA) is 105 Å². The molecule has 1 aromatic heterocycles. The molecule has 3 rings (SSSR count). The molecule has 27 heavy (non-hydrogen) atoms. The van der Waals surface area contributed by atoms with Crippen molar-refractivity contribution in [1.29, 1.82) is 0 Å². The molecule has 1 aliphatic heterocycles. The molecule has 0 saturated carbocycles. The molecular formula is C18H24N4O4S. The van der Waals surface area contributed by atoms with Crippen LogP contribution >= 0.6 is 0 Å². The van der Waals surface area contributed by atoms with E-state index in [0.717, 1.165) is 25.7 Å². The smallest absolute Gasteiger partial charge is 0.244 e. The molecule has 0 spiro atoms. The van der Waals surface area contributed by atoms with E-state index in [0.29, 0.717) is 30.4 Å². The first-order valence-corrected chi connectivity index (χ1v) is 10.5. The lowest BCUT2D eigenvalue weighted by Gasteiger charge is -2.20. The normalized spacial score (nSPS) is 15.9. The van der Waals surface area contributed by atoms with Gasteiger partial charge in [-0.1, -0.05) is 24.1 Å². The molecule has 2 N–H and O–H groups in total. The Bertz CT molecular complexity index is 886. The van der Waals surface area contributed by atoms with Gasteiger partial charge in [0.25, 0.3) is 0 Å². The van der Waals surface area contributed by atoms with Crippen molar-refractivity contribution in [3.05, 3.63) is 36.1 Å². The van der Waals surface area contributed by atoms with E-state index < -0.39 is 10.0 Å². The standard InChI is InChI=1S/C18H24N4O4S/c1-14-11-17(21-26-14)20-18(23)13-19-15-7-6-8-16(12-15)27(24,25)22-9-4-2-3-5-10-22/h6-8,11-12,19H,2-5,9-10,13H2,1H3,(H,20,21,23). The molecule has 1 aliphatic rings. The first kappa shape index (κ1) is 19.4. The largest absolute Gasteiger partial charge is 0.376 e. The second-order valence-electron chi connectivity index (χ2n) is 6.57. The maximum absolute atomic E-state index is 12.9. The molecule has 2 heterocycles. The molecule has 0 bridgehead atoms. The van der Waals surface area contributed by atoms with Gasteiger partial charge in [0, 0.05) is 24.8 Å². The fraction of sp³-hybridized carbons (Fsp3) is 0.444. The molecule has 2 aromatic rings. The van der Waals surface area contributed by atoms with Gasteiger partial charge in [-0.15, -0.1) is 0 Å². The van der Waals surface area contributed by atoms with Crippen LogP contribution in [0.4, 0.5) is 11.5 Å². The number of carbonyl (C=O) groups excluding carboxylic acids is 1. The Morgan fingerprint density at radius 1 is 1.19 bits per heavy atom. The quantitative estimate of drug-likeness (QED) is 0.783. The summed E-state index contributed by atoms with van der Waals surface area (Å²) in [5.74, 6) is 0.644. The van der Waals surface area contributed by atoms with Crippen molar-refractivity contribution < 1.29 is 17.7 Å². The van der Waals surface area contributed by atoms with E-state index in [1.807, 2.05) is 0 Å². The van der Waals surface area contributed by atoms with Gasteiger partial charge in [0.05, 0.1) is 11.4 Å². The zero-order valence-electron chi connectivity index (χ0n) is 15.3. The maximum Gasteiger partial charge on any atom is 0.244 e. The number of nitrogens with zero attached hydrogens (tertiary/aromatic N) is 2. The van der Waals surface area contributed by atoms with Gasteiger partial charge in [-0.3, -0.25) is 4.79 Å². The van der Waals surface area contributed by atoms with Crippen LogP contribution in [0.15, 0.2) is 39.8 Å². The van der Waals surface area contributed by atoms with E-state index in [1.54, 1.807) is 41.6 Å². The van der Waals surface area contributed by atoms with Crippen molar-refractivity contribution in [3.63, 3.8) is 0 Å². The summed E-state index contributed by atoms with van der Waals surface area (Å²) in [5, 5.41) is 9.25. The molecule has 9 heteroatoms. The van der Waals surface area contributed by atoms with Crippen molar-refractivity contribution in [2.75, 3.05) is 30.3 Å². The third kappa shape index (κ3) is 5.08. The highest BCUT2D eigenvalue weighted by Crippen LogP contribution is 2.22. The Hall–Kier alpha value is -2.39. The van der Waals surface area contributed by atoms with E-state index in [2.05, 4.69) is 15.8 Å². The van der Waals surface area contributed by atoms with Crippen molar-refractivity contribution in [1.82, 2.24) is 9.46 Å². The lowest BCUT2D eigenvalue weighted by atomic mass is 10.2. The van der Waals surface area contributed by atoms with Crippen LogP contribution in [0.2, 0.25) is 0 Å². The van der Waals surface area contributed by atoms with E-state index in [1.165, 1.54) is 0 Å². The number of hydrogen-bond acceptors (Lipinski definition) is 6. The zero-order chi connectivity index (χ0) is 19.3. The van der Waals surface area contributed by atoms with Crippen molar-refractivity contribution in [2.24, 2.45) is 0 Å². The van der Waals surface area contributed by atoms with Gasteiger partial charge in [-0.25, -0.2) is 8.42 Å². The Kier molecular flexibility index (Phi) is 6.12. The Morgan fingerprint density at radius 2 is 1.93 bits per heavy atom. The van der Waals surface area contributed by atoms with Gasteiger partial charge in [-0.2, -0.15) is 4.31 Å². The lowest BCUT2D eigenvalue weighted by molar-refractivity contribution is -0.114. The number of hydrogen-bond donors (Lipinski definition) is 2. The number of rotatable bonds is 6. The van der Waals surface area contributed by atoms with Gasteiger partial charge < -0.3 is 15.2 Å². The van der Waals surface area contributed by atoms with Crippen LogP contribution in [0.25, 0.3) is 0 Å². The molecule has 146 valence electrons. The second-order valence-corrected chi connectivity index (χ2v) is 8.51. The first-order chi connectivity index (χ1) is 12.9. The Labute approximate surface area is 159 Å². The van der Waals surface area contributed by atoms with Crippen molar-refractivity contribution in [2.45, 2.75) is 37.5 Å². The minimum absolute atomic E-state index is 0.0148. The number of anilines is 2. The minimum Gasteiger partial charge on any atom is -0.376 e. The maximum atomic E-state index is 12.9. The molecule has 0 unspecified atom stereocenters. The lowest BCUT2D eigenvalue weighted by Crippen LogP contribution is -2.32. The average Bonchev–Trinajstić information content (AvgIpc) is 2.88. The molecule has 0 atom stereocenters. The van der Waals surface area contributed by atoms with Crippen LogP contribution in [-0.2, 0) is 14.8 Å². The fourth-order valence-electron chi connectivity index (χ4n) is 2.99. The number of nitrogens with one attached hydrogen (secondary N) is 2. The van der Waals surface area contributed by atoms with Gasteiger partial charge in [0.15, 0.2) is 5.82 Å². The van der Waals surface area contributed by atoms with Gasteiger partial charge in [0.1, 0.15) is 5.76 Å². The summed E-state index contributed by atoms with van der Waals surface area (Å²) >= 11 is 0. The van der Waals surface area contributed by atoms with Crippen molar-refractivity contribution in [3.8, 4) is 0 Å². The molecule has 8 nitrogen and oxygen atoms in total. The summed E-state index contributed by atoms with van der Waals surface area (Å²) in [6.45, 7) is 2.83. The molecule has 0 aliphatic carbocycles. The van der Waals surface area contributed by atoms with Gasteiger partial charge >= 0.3 is 0 Å². The summed E-state index contributed by atoms with van der Waals surface area (Å²) in [6.07, 6.45) is 3.90. The number of aryl methyl sites for hydroxylation is 1. The average molecular weight is 392 g/mol. The number of sulfonamides is 1. The molecule has 1 aromatic carbocycles. The van der Waals surface area contributed by atoms with Gasteiger partial charge in [0.2, 0.25) is 15.9 Å². The van der Waals surface area contributed by atoms with Crippen LogP contribution in [0.3, 0.4) is 0 Å². The Balaban J connectivity index is 1.63. The third-order valence-corrected chi connectivity index (χ3v) is 6.28. The monoisotopic (exact) mass is 392 g/mol. The zero-order valence-corrected chi connectivity index (χ0v) is 16.1. The fourth-order valence-corrected chi connectivity index (χ4v) is 4.56. The number of benzene rings is 1. The predicted octanol–water partition coefficient (Wildman–Crippen LogP) is 2.60. The van der Waals surface area contributed by atoms with Crippen LogP contribution in [0, 0.1) is 6.92 Å². The van der Waals surface area contributed by atoms with Gasteiger partial charge in [-0.05, 0) is 38.0 Å².